The molecule has 2 N–H and O–H groups in total. The number of carbonyl (C=O) groups is 5. The number of ether oxygens (including phenoxy) is 2. The number of Topliss-reactive ketones (excluding diaryl/α,β-unsaturated/α-hetero) is 1. The SMILES string of the molecule is CC(C)C1=C2[C@H]3CC[C@@H]4[C@@]5(C)CC[C@H](OC(=O)CC(C)(C)C(=O)O)C(C)(C)[C@@H]5CC[C@@]4(C)[C@]3(C)CC[C@@]2(C(CN(CCN(C)C)Cc2ccc(Cl)cc2)OC(=O)CC(C)(C)C(=O)O)CC1=O. The topological polar surface area (TPSA) is 151 Å². The largest absolute Gasteiger partial charge is 0.481 e. The third-order valence-corrected chi connectivity index (χ3v) is 18.8. The quantitative estimate of drug-likeness (QED) is 0.144. The first-order valence-corrected chi connectivity index (χ1v) is 25.1. The van der Waals surface area contributed by atoms with Crippen LogP contribution in [-0.4, -0.2) is 95.6 Å². The van der Waals surface area contributed by atoms with Gasteiger partial charge in [0.2, 0.25) is 0 Å². The van der Waals surface area contributed by atoms with Crippen LogP contribution in [0.2, 0.25) is 5.02 Å². The van der Waals surface area contributed by atoms with E-state index >= 15 is 0 Å². The van der Waals surface area contributed by atoms with Crippen molar-refractivity contribution in [2.24, 2.45) is 61.6 Å². The monoisotopic (exact) mass is 937 g/mol. The van der Waals surface area contributed by atoms with Crippen molar-refractivity contribution in [2.75, 3.05) is 33.7 Å². The fourth-order valence-corrected chi connectivity index (χ4v) is 14.6. The van der Waals surface area contributed by atoms with Gasteiger partial charge < -0.3 is 24.6 Å². The standard InChI is InChI=1S/C54H81ClN2O9/c1-33(2)44-37(58)28-54(41(66-43(60)30-49(5,6)47(63)64)32-57(27-26-56(12)13)31-34-14-16-35(55)17-15-34)25-24-52(10)36(45(44)54)18-19-39-51(9)22-21-40(65-42(59)29-48(3,4)46(61)62)50(7,8)38(51)20-23-53(39,52)11/h14-17,33,36,38-41H,18-32H2,1-13H3,(H,61,62)(H,63,64)/t36-,38+,39-,40+,41?,51+,52-,53-,54+/m1/s1. The Morgan fingerprint density at radius 3 is 1.97 bits per heavy atom. The minimum absolute atomic E-state index is 0.0309. The highest BCUT2D eigenvalue weighted by Crippen LogP contribution is 2.77. The molecule has 1 aromatic rings. The van der Waals surface area contributed by atoms with Crippen molar-refractivity contribution in [3.63, 3.8) is 0 Å². The first-order chi connectivity index (χ1) is 30.4. The van der Waals surface area contributed by atoms with Crippen LogP contribution in [-0.2, 0) is 40.0 Å². The molecule has 5 aliphatic rings. The molecule has 9 atom stereocenters. The van der Waals surface area contributed by atoms with E-state index in [0.717, 1.165) is 62.6 Å². The molecule has 4 saturated carbocycles. The van der Waals surface area contributed by atoms with E-state index < -0.39 is 46.2 Å². The molecule has 0 radical (unpaired) electrons. The number of carboxylic acid groups (broad SMARTS) is 2. The molecular weight excluding hydrogens is 856 g/mol. The second-order valence-electron chi connectivity index (χ2n) is 24.6. The third kappa shape index (κ3) is 9.41. The van der Waals surface area contributed by atoms with E-state index in [1.54, 1.807) is 27.7 Å². The fourth-order valence-electron chi connectivity index (χ4n) is 14.5. The lowest BCUT2D eigenvalue weighted by molar-refractivity contribution is -0.235. The normalized spacial score (nSPS) is 32.3. The summed E-state index contributed by atoms with van der Waals surface area (Å²) in [6.45, 7) is 24.9. The summed E-state index contributed by atoms with van der Waals surface area (Å²) in [5.41, 5.74) is -0.739. The third-order valence-electron chi connectivity index (χ3n) is 18.5. The molecule has 368 valence electrons. The zero-order valence-electron chi connectivity index (χ0n) is 42.4. The Morgan fingerprint density at radius 1 is 0.788 bits per heavy atom. The molecule has 0 spiro atoms. The van der Waals surface area contributed by atoms with Gasteiger partial charge in [-0.15, -0.1) is 0 Å². The van der Waals surface area contributed by atoms with Crippen LogP contribution in [0.1, 0.15) is 152 Å². The van der Waals surface area contributed by atoms with Gasteiger partial charge in [0.05, 0.1) is 23.7 Å². The number of aliphatic carboxylic acids is 2. The Bertz CT molecular complexity index is 2080. The van der Waals surface area contributed by atoms with E-state index in [1.165, 1.54) is 5.57 Å². The zero-order chi connectivity index (χ0) is 49.2. The number of hydrogen-bond donors (Lipinski definition) is 2. The number of carbonyl (C=O) groups excluding carboxylic acids is 3. The first-order valence-electron chi connectivity index (χ1n) is 24.7. The van der Waals surface area contributed by atoms with Crippen LogP contribution < -0.4 is 0 Å². The van der Waals surface area contributed by atoms with Crippen molar-refractivity contribution in [1.29, 1.82) is 0 Å². The number of nitrogens with zero attached hydrogens (tertiary/aromatic N) is 2. The predicted molar refractivity (Wildman–Crippen MR) is 257 cm³/mol. The van der Waals surface area contributed by atoms with Crippen LogP contribution in [0.5, 0.6) is 0 Å². The molecule has 4 fully saturated rings. The molecule has 66 heavy (non-hydrogen) atoms. The van der Waals surface area contributed by atoms with Crippen LogP contribution in [0, 0.1) is 61.6 Å². The van der Waals surface area contributed by atoms with E-state index in [1.807, 2.05) is 38.4 Å². The predicted octanol–water partition coefficient (Wildman–Crippen LogP) is 10.5. The van der Waals surface area contributed by atoms with Gasteiger partial charge in [-0.2, -0.15) is 0 Å². The van der Waals surface area contributed by atoms with E-state index in [-0.39, 0.29) is 70.6 Å². The van der Waals surface area contributed by atoms with Crippen LogP contribution in [0.25, 0.3) is 0 Å². The van der Waals surface area contributed by atoms with Crippen molar-refractivity contribution in [3.05, 3.63) is 46.0 Å². The second kappa shape index (κ2) is 18.6. The molecule has 0 heterocycles. The Balaban J connectivity index is 1.38. The molecule has 0 bridgehead atoms. The summed E-state index contributed by atoms with van der Waals surface area (Å²) in [5, 5.41) is 20.4. The molecule has 0 aromatic heterocycles. The van der Waals surface area contributed by atoms with Crippen LogP contribution in [0.3, 0.4) is 0 Å². The summed E-state index contributed by atoms with van der Waals surface area (Å²) in [6, 6.07) is 7.81. The highest BCUT2D eigenvalue weighted by Gasteiger charge is 2.71. The number of rotatable bonds is 17. The lowest BCUT2D eigenvalue weighted by Crippen LogP contribution is -2.66. The minimum atomic E-state index is -1.33. The number of halogens is 1. The summed E-state index contributed by atoms with van der Waals surface area (Å²) in [4.78, 5) is 71.0. The second-order valence-corrected chi connectivity index (χ2v) is 25.0. The highest BCUT2D eigenvalue weighted by atomic mass is 35.5. The maximum absolute atomic E-state index is 14.8. The molecule has 1 aromatic carbocycles. The van der Waals surface area contributed by atoms with Gasteiger partial charge in [-0.3, -0.25) is 28.9 Å². The van der Waals surface area contributed by atoms with Gasteiger partial charge in [0, 0.05) is 48.5 Å². The summed E-state index contributed by atoms with van der Waals surface area (Å²) in [7, 11) is 4.08. The van der Waals surface area contributed by atoms with Gasteiger partial charge in [-0.1, -0.05) is 72.2 Å². The van der Waals surface area contributed by atoms with Gasteiger partial charge in [0.15, 0.2) is 5.78 Å². The summed E-state index contributed by atoms with van der Waals surface area (Å²) in [6.07, 6.45) is 5.84. The number of hydrogen-bond acceptors (Lipinski definition) is 9. The van der Waals surface area contributed by atoms with Crippen LogP contribution in [0.15, 0.2) is 35.4 Å². The number of esters is 2. The molecular formula is C54H81ClN2O9. The molecule has 6 rings (SSSR count). The average Bonchev–Trinajstić information content (AvgIpc) is 3.51. The van der Waals surface area contributed by atoms with Crippen LogP contribution >= 0.6 is 11.6 Å². The highest BCUT2D eigenvalue weighted by molar-refractivity contribution is 6.30. The Hall–Kier alpha value is -3.28. The van der Waals surface area contributed by atoms with Crippen molar-refractivity contribution in [1.82, 2.24) is 9.80 Å². The molecule has 11 nitrogen and oxygen atoms in total. The van der Waals surface area contributed by atoms with Gasteiger partial charge >= 0.3 is 23.9 Å². The van der Waals surface area contributed by atoms with Crippen LogP contribution in [0.4, 0.5) is 0 Å². The minimum Gasteiger partial charge on any atom is -0.481 e. The molecule has 0 amide bonds. The summed E-state index contributed by atoms with van der Waals surface area (Å²) >= 11 is 6.31. The lowest BCUT2D eigenvalue weighted by Gasteiger charge is -2.72. The Kier molecular flexibility index (Phi) is 14.7. The maximum Gasteiger partial charge on any atom is 0.309 e. The number of likely N-dealkylation sites (N-methyl/N-ethyl adjacent to an activating group) is 1. The number of allylic oxidation sites excluding steroid dienone is 1. The van der Waals surface area contributed by atoms with Gasteiger partial charge in [-0.25, -0.2) is 0 Å². The lowest BCUT2D eigenvalue weighted by atomic mass is 9.33. The van der Waals surface area contributed by atoms with Gasteiger partial charge in [0.1, 0.15) is 12.2 Å². The molecule has 12 heteroatoms. The number of ketones is 1. The molecule has 0 saturated heterocycles. The van der Waals surface area contributed by atoms with Crippen molar-refractivity contribution in [3.8, 4) is 0 Å². The molecule has 1 unspecified atom stereocenters. The number of fused-ring (bicyclic) bond motifs is 7. The van der Waals surface area contributed by atoms with Crippen molar-refractivity contribution >= 4 is 41.3 Å². The van der Waals surface area contributed by atoms with Gasteiger partial charge in [0.25, 0.3) is 0 Å². The average molecular weight is 938 g/mol. The number of carboxylic acids is 2. The molecule has 0 aliphatic heterocycles. The van der Waals surface area contributed by atoms with E-state index in [9.17, 15) is 34.2 Å². The zero-order valence-corrected chi connectivity index (χ0v) is 43.2. The number of benzene rings is 1. The van der Waals surface area contributed by atoms with Crippen molar-refractivity contribution in [2.45, 2.75) is 166 Å². The fraction of sp³-hybridized carbons (Fsp3) is 0.759. The van der Waals surface area contributed by atoms with E-state index in [0.29, 0.717) is 37.0 Å². The Morgan fingerprint density at radius 2 is 1.39 bits per heavy atom. The van der Waals surface area contributed by atoms with Gasteiger partial charge in [-0.05, 0) is 162 Å². The smallest absolute Gasteiger partial charge is 0.309 e. The van der Waals surface area contributed by atoms with E-state index in [4.69, 9.17) is 21.1 Å². The maximum atomic E-state index is 14.8. The molecule has 5 aliphatic carbocycles. The summed E-state index contributed by atoms with van der Waals surface area (Å²) in [5.74, 6) is -2.24. The summed E-state index contributed by atoms with van der Waals surface area (Å²) < 4.78 is 13.0. The Labute approximate surface area is 400 Å². The first kappa shape index (κ1) is 52.1. The van der Waals surface area contributed by atoms with Crippen molar-refractivity contribution < 1.29 is 43.7 Å². The van der Waals surface area contributed by atoms with E-state index in [2.05, 4.69) is 58.3 Å².